The standard InChI is InChI=1S/C24H31N5O2/c1-16-19(14-25-27(16)3)15-28-10-8-20(9-11-28)24(2)22(30)29(23(31)26-24)21-12-17-6-4-5-7-18(17)13-21/h4-7,14,20-21H,8-13,15H2,1-3H3,(H,26,31)/t24-/m0/s1. The molecule has 1 N–H and O–H groups in total. The number of nitrogens with zero attached hydrogens (tertiary/aromatic N) is 4. The highest BCUT2D eigenvalue weighted by Crippen LogP contribution is 2.36. The number of piperidine rings is 1. The fourth-order valence-corrected chi connectivity index (χ4v) is 5.61. The summed E-state index contributed by atoms with van der Waals surface area (Å²) in [5.41, 5.74) is 4.15. The van der Waals surface area contributed by atoms with Gasteiger partial charge in [0, 0.05) is 30.9 Å². The first-order chi connectivity index (χ1) is 14.9. The van der Waals surface area contributed by atoms with Gasteiger partial charge >= 0.3 is 6.03 Å². The van der Waals surface area contributed by atoms with Crippen LogP contribution in [0.2, 0.25) is 0 Å². The second-order valence-corrected chi connectivity index (χ2v) is 9.57. The van der Waals surface area contributed by atoms with Crippen LogP contribution in [0.5, 0.6) is 0 Å². The zero-order valence-electron chi connectivity index (χ0n) is 18.6. The van der Waals surface area contributed by atoms with Crippen LogP contribution in [0.4, 0.5) is 4.79 Å². The Morgan fingerprint density at radius 1 is 1.13 bits per heavy atom. The van der Waals surface area contributed by atoms with Crippen molar-refractivity contribution in [1.82, 2.24) is 24.9 Å². The Kier molecular flexibility index (Phi) is 4.88. The summed E-state index contributed by atoms with van der Waals surface area (Å²) < 4.78 is 1.91. The third-order valence-corrected chi connectivity index (χ3v) is 7.78. The lowest BCUT2D eigenvalue weighted by Crippen LogP contribution is -2.54. The number of carbonyl (C=O) groups excluding carboxylic acids is 2. The maximum absolute atomic E-state index is 13.5. The van der Waals surface area contributed by atoms with E-state index in [1.807, 2.05) is 37.0 Å². The molecule has 0 saturated carbocycles. The van der Waals surface area contributed by atoms with Crippen LogP contribution in [0.3, 0.4) is 0 Å². The lowest BCUT2D eigenvalue weighted by atomic mass is 9.78. The summed E-state index contributed by atoms with van der Waals surface area (Å²) in [6, 6.07) is 7.97. The predicted octanol–water partition coefficient (Wildman–Crippen LogP) is 2.42. The number of fused-ring (bicyclic) bond motifs is 1. The van der Waals surface area contributed by atoms with Crippen molar-refractivity contribution in [3.8, 4) is 0 Å². The number of amides is 3. The Hall–Kier alpha value is -2.67. The van der Waals surface area contributed by atoms with Crippen molar-refractivity contribution >= 4 is 11.9 Å². The maximum Gasteiger partial charge on any atom is 0.325 e. The molecule has 1 aromatic heterocycles. The maximum atomic E-state index is 13.5. The van der Waals surface area contributed by atoms with E-state index >= 15 is 0 Å². The summed E-state index contributed by atoms with van der Waals surface area (Å²) in [7, 11) is 1.97. The Balaban J connectivity index is 1.24. The van der Waals surface area contributed by atoms with Gasteiger partial charge in [0.25, 0.3) is 5.91 Å². The smallest absolute Gasteiger partial charge is 0.323 e. The predicted molar refractivity (Wildman–Crippen MR) is 117 cm³/mol. The molecule has 164 valence electrons. The van der Waals surface area contributed by atoms with E-state index in [9.17, 15) is 9.59 Å². The van der Waals surface area contributed by atoms with E-state index in [1.165, 1.54) is 27.3 Å². The van der Waals surface area contributed by atoms with Crippen molar-refractivity contribution in [1.29, 1.82) is 0 Å². The zero-order chi connectivity index (χ0) is 21.8. The molecule has 0 spiro atoms. The number of imide groups is 1. The largest absolute Gasteiger partial charge is 0.325 e. The summed E-state index contributed by atoms with van der Waals surface area (Å²) in [5, 5.41) is 7.43. The average Bonchev–Trinajstić information content (AvgIpc) is 3.39. The molecule has 1 aliphatic carbocycles. The fourth-order valence-electron chi connectivity index (χ4n) is 5.61. The molecule has 3 heterocycles. The Labute approximate surface area is 183 Å². The molecule has 7 heteroatoms. The molecule has 2 saturated heterocycles. The molecule has 2 fully saturated rings. The number of benzene rings is 1. The van der Waals surface area contributed by atoms with Crippen LogP contribution in [0.1, 0.15) is 42.1 Å². The van der Waals surface area contributed by atoms with Gasteiger partial charge in [-0.1, -0.05) is 24.3 Å². The number of urea groups is 1. The molecule has 3 aliphatic rings. The minimum absolute atomic E-state index is 0.0446. The average molecular weight is 422 g/mol. The van der Waals surface area contributed by atoms with E-state index in [1.54, 1.807) is 0 Å². The molecule has 2 aliphatic heterocycles. The molecule has 0 bridgehead atoms. The van der Waals surface area contributed by atoms with Gasteiger partial charge in [0.05, 0.1) is 6.20 Å². The van der Waals surface area contributed by atoms with Gasteiger partial charge in [0.1, 0.15) is 5.54 Å². The Bertz CT molecular complexity index is 998. The molecule has 3 amide bonds. The van der Waals surface area contributed by atoms with Crippen LogP contribution in [0.25, 0.3) is 0 Å². The van der Waals surface area contributed by atoms with Crippen LogP contribution >= 0.6 is 0 Å². The molecule has 1 aromatic carbocycles. The SMILES string of the molecule is Cc1c(CN2CCC([C@]3(C)NC(=O)N(C4Cc5ccccc5C4)C3=O)CC2)cnn1C. The van der Waals surface area contributed by atoms with Gasteiger partial charge in [-0.15, -0.1) is 0 Å². The number of aryl methyl sites for hydroxylation is 1. The van der Waals surface area contributed by atoms with Crippen LogP contribution in [-0.4, -0.2) is 56.2 Å². The first-order valence-electron chi connectivity index (χ1n) is 11.3. The van der Waals surface area contributed by atoms with Crippen LogP contribution < -0.4 is 5.32 Å². The van der Waals surface area contributed by atoms with Crippen molar-refractivity contribution in [3.05, 3.63) is 52.8 Å². The number of aromatic nitrogens is 2. The Morgan fingerprint density at radius 3 is 2.35 bits per heavy atom. The molecule has 0 radical (unpaired) electrons. The lowest BCUT2D eigenvalue weighted by molar-refractivity contribution is -0.134. The van der Waals surface area contributed by atoms with Crippen LogP contribution in [0.15, 0.2) is 30.5 Å². The van der Waals surface area contributed by atoms with Crippen LogP contribution in [-0.2, 0) is 31.2 Å². The monoisotopic (exact) mass is 421 g/mol. The number of likely N-dealkylation sites (tertiary alicyclic amines) is 1. The van der Waals surface area contributed by atoms with E-state index in [0.717, 1.165) is 45.3 Å². The lowest BCUT2D eigenvalue weighted by Gasteiger charge is -2.39. The summed E-state index contributed by atoms with van der Waals surface area (Å²) in [6.45, 7) is 6.76. The minimum atomic E-state index is -0.803. The fraction of sp³-hybridized carbons (Fsp3) is 0.542. The molecular weight excluding hydrogens is 390 g/mol. The highest BCUT2D eigenvalue weighted by Gasteiger charge is 2.55. The van der Waals surface area contributed by atoms with Gasteiger partial charge in [0.2, 0.25) is 0 Å². The van der Waals surface area contributed by atoms with Gasteiger partial charge in [-0.3, -0.25) is 19.3 Å². The highest BCUT2D eigenvalue weighted by molar-refractivity contribution is 6.07. The third-order valence-electron chi connectivity index (χ3n) is 7.78. The highest BCUT2D eigenvalue weighted by atomic mass is 16.2. The zero-order valence-corrected chi connectivity index (χ0v) is 18.6. The summed E-state index contributed by atoms with van der Waals surface area (Å²) in [6.07, 6.45) is 5.27. The number of hydrogen-bond donors (Lipinski definition) is 1. The normalized spacial score (nSPS) is 25.3. The molecule has 1 atom stereocenters. The van der Waals surface area contributed by atoms with Gasteiger partial charge < -0.3 is 5.32 Å². The van der Waals surface area contributed by atoms with E-state index in [2.05, 4.69) is 34.4 Å². The quantitative estimate of drug-likeness (QED) is 0.770. The first-order valence-corrected chi connectivity index (χ1v) is 11.3. The molecular formula is C24H31N5O2. The van der Waals surface area contributed by atoms with Gasteiger partial charge in [-0.25, -0.2) is 4.79 Å². The number of nitrogens with one attached hydrogen (secondary N) is 1. The number of hydrogen-bond acceptors (Lipinski definition) is 4. The van der Waals surface area contributed by atoms with Gasteiger partial charge in [-0.05, 0) is 69.7 Å². The molecule has 2 aromatic rings. The summed E-state index contributed by atoms with van der Waals surface area (Å²) >= 11 is 0. The van der Waals surface area contributed by atoms with Crippen molar-refractivity contribution in [2.24, 2.45) is 13.0 Å². The minimum Gasteiger partial charge on any atom is -0.323 e. The van der Waals surface area contributed by atoms with Crippen molar-refractivity contribution in [3.63, 3.8) is 0 Å². The summed E-state index contributed by atoms with van der Waals surface area (Å²) in [4.78, 5) is 30.4. The van der Waals surface area contributed by atoms with Gasteiger partial charge in [-0.2, -0.15) is 5.10 Å². The Morgan fingerprint density at radius 2 is 1.77 bits per heavy atom. The van der Waals surface area contributed by atoms with Crippen molar-refractivity contribution in [2.45, 2.75) is 57.7 Å². The van der Waals surface area contributed by atoms with Crippen molar-refractivity contribution in [2.75, 3.05) is 13.1 Å². The molecule has 0 unspecified atom stereocenters. The van der Waals surface area contributed by atoms with Crippen LogP contribution in [0, 0.1) is 12.8 Å². The molecule has 5 rings (SSSR count). The molecule has 31 heavy (non-hydrogen) atoms. The van der Waals surface area contributed by atoms with E-state index < -0.39 is 5.54 Å². The topological polar surface area (TPSA) is 70.5 Å². The first kappa shape index (κ1) is 20.2. The van der Waals surface area contributed by atoms with Gasteiger partial charge in [0.15, 0.2) is 0 Å². The van der Waals surface area contributed by atoms with Crippen molar-refractivity contribution < 1.29 is 9.59 Å². The third kappa shape index (κ3) is 3.35. The van der Waals surface area contributed by atoms with E-state index in [0.29, 0.717) is 0 Å². The van der Waals surface area contributed by atoms with E-state index in [-0.39, 0.29) is 23.9 Å². The number of rotatable bonds is 4. The van der Waals surface area contributed by atoms with E-state index in [4.69, 9.17) is 0 Å². The number of carbonyl (C=O) groups is 2. The molecule has 7 nitrogen and oxygen atoms in total. The second-order valence-electron chi connectivity index (χ2n) is 9.57. The summed E-state index contributed by atoms with van der Waals surface area (Å²) in [5.74, 6) is 0.112. The second kappa shape index (κ2) is 7.48.